The summed E-state index contributed by atoms with van der Waals surface area (Å²) in [7, 11) is -4.44. The van der Waals surface area contributed by atoms with Crippen molar-refractivity contribution in [1.29, 1.82) is 0 Å². The number of carbonyl (C=O) groups is 2. The van der Waals surface area contributed by atoms with Crippen LogP contribution >= 0.6 is 7.82 Å². The first-order valence-electron chi connectivity index (χ1n) is 20.5. The van der Waals surface area contributed by atoms with Crippen LogP contribution in [0.3, 0.4) is 0 Å². The van der Waals surface area contributed by atoms with Crippen LogP contribution in [0.4, 0.5) is 0 Å². The van der Waals surface area contributed by atoms with Crippen molar-refractivity contribution in [2.75, 3.05) is 26.4 Å². The van der Waals surface area contributed by atoms with Crippen LogP contribution in [0.1, 0.15) is 123 Å². The smallest absolute Gasteiger partial charge is 0.462 e. The highest BCUT2D eigenvalue weighted by molar-refractivity contribution is 7.47. The molecule has 0 amide bonds. The average Bonchev–Trinajstić information content (AvgIpc) is 3.18. The SMILES string of the molecule is CC/C=C\C/C=C\C/C=C\C/C=C\C=C\C(O)CCCC(=O)O[C@H](COC(=O)CCCCCC/C=C\C/C=C\C/C=C\C/C=C\CC)COP(=O)(O)OCCN. The number of nitrogens with two attached hydrogens (primary N) is 1. The molecule has 3 atom stereocenters. The third kappa shape index (κ3) is 38.9. The van der Waals surface area contributed by atoms with E-state index >= 15 is 0 Å². The first-order valence-corrected chi connectivity index (χ1v) is 22.0. The lowest BCUT2D eigenvalue weighted by Gasteiger charge is -2.20. The van der Waals surface area contributed by atoms with Crippen molar-refractivity contribution in [3.05, 3.63) is 109 Å². The third-order valence-corrected chi connectivity index (χ3v) is 8.74. The summed E-state index contributed by atoms with van der Waals surface area (Å²) in [5.41, 5.74) is 5.33. The second-order valence-electron chi connectivity index (χ2n) is 12.9. The molecule has 0 aromatic carbocycles. The zero-order chi connectivity index (χ0) is 41.2. The fourth-order valence-corrected chi connectivity index (χ4v) is 5.53. The van der Waals surface area contributed by atoms with Crippen molar-refractivity contribution in [2.24, 2.45) is 5.73 Å². The van der Waals surface area contributed by atoms with Gasteiger partial charge in [0.2, 0.25) is 0 Å². The predicted octanol–water partition coefficient (Wildman–Crippen LogP) is 10.6. The van der Waals surface area contributed by atoms with E-state index in [0.29, 0.717) is 19.3 Å². The van der Waals surface area contributed by atoms with Crippen molar-refractivity contribution >= 4 is 19.8 Å². The van der Waals surface area contributed by atoms with Gasteiger partial charge in [-0.2, -0.15) is 0 Å². The van der Waals surface area contributed by atoms with Crippen LogP contribution < -0.4 is 5.73 Å². The summed E-state index contributed by atoms with van der Waals surface area (Å²) in [5, 5.41) is 10.3. The van der Waals surface area contributed by atoms with Gasteiger partial charge in [-0.25, -0.2) is 4.57 Å². The number of hydrogen-bond donors (Lipinski definition) is 3. The number of aliphatic hydroxyl groups is 1. The molecule has 0 bridgehead atoms. The van der Waals surface area contributed by atoms with Crippen LogP contribution in [-0.4, -0.2) is 60.5 Å². The van der Waals surface area contributed by atoms with Gasteiger partial charge < -0.3 is 25.2 Å². The second kappa shape index (κ2) is 39.8. The molecule has 0 aliphatic carbocycles. The molecule has 0 radical (unpaired) electrons. The normalized spacial score (nSPS) is 15.0. The molecule has 2 unspecified atom stereocenters. The van der Waals surface area contributed by atoms with Gasteiger partial charge >= 0.3 is 19.8 Å². The van der Waals surface area contributed by atoms with E-state index < -0.39 is 38.6 Å². The van der Waals surface area contributed by atoms with E-state index in [2.05, 4.69) is 98.9 Å². The maximum Gasteiger partial charge on any atom is 0.472 e. The number of hydrogen-bond acceptors (Lipinski definition) is 9. The highest BCUT2D eigenvalue weighted by atomic mass is 31.2. The van der Waals surface area contributed by atoms with E-state index in [1.54, 1.807) is 12.2 Å². The van der Waals surface area contributed by atoms with Crippen LogP contribution in [0.25, 0.3) is 0 Å². The van der Waals surface area contributed by atoms with E-state index in [0.717, 1.165) is 77.0 Å². The summed E-state index contributed by atoms with van der Waals surface area (Å²) in [5.74, 6) is -1.08. The molecule has 0 heterocycles. The number of phosphoric ester groups is 1. The molecule has 0 aromatic heterocycles. The summed E-state index contributed by atoms with van der Waals surface area (Å²) in [6, 6.07) is 0. The Kier molecular flexibility index (Phi) is 37.5. The highest BCUT2D eigenvalue weighted by Gasteiger charge is 2.26. The first kappa shape index (κ1) is 52.6. The maximum atomic E-state index is 12.6. The molecule has 0 aliphatic heterocycles. The minimum atomic E-state index is -4.44. The second-order valence-corrected chi connectivity index (χ2v) is 14.4. The summed E-state index contributed by atoms with van der Waals surface area (Å²) >= 11 is 0. The highest BCUT2D eigenvalue weighted by Crippen LogP contribution is 2.43. The molecule has 4 N–H and O–H groups in total. The van der Waals surface area contributed by atoms with Gasteiger partial charge in [-0.3, -0.25) is 18.6 Å². The summed E-state index contributed by atoms with van der Waals surface area (Å²) in [6.45, 7) is 3.21. The Morgan fingerprint density at radius 3 is 1.71 bits per heavy atom. The Hall–Kier alpha value is -3.37. The van der Waals surface area contributed by atoms with Gasteiger partial charge in [0.15, 0.2) is 6.10 Å². The molecular weight excluding hydrogens is 729 g/mol. The fraction of sp³-hybridized carbons (Fsp3) is 0.556. The number of ether oxygens (including phenoxy) is 2. The van der Waals surface area contributed by atoms with E-state index in [1.807, 2.05) is 12.2 Å². The largest absolute Gasteiger partial charge is 0.472 e. The number of esters is 2. The molecule has 316 valence electrons. The standard InChI is InChI=1S/C45H72NO9P/c1-3-5-7-9-11-13-15-17-18-19-20-22-24-26-28-30-32-36-44(48)52-40-43(41-54-56(50,51)53-39-38-46)55-45(49)37-33-35-42(47)34-31-29-27-25-23-21-16-14-12-10-8-6-4-2/h5-8,11-14,17-18,20-23,27,29,31,34,42-43,47H,3-4,9-10,15-16,19,24-26,28,30,32-33,35-41,46H2,1-2H3,(H,50,51)/b7-5-,8-6-,13-11-,14-12-,18-17-,22-20-,23-21-,29-27-,34-31+/t42?,43-/m1/s1. The third-order valence-electron chi connectivity index (χ3n) is 7.76. The van der Waals surface area contributed by atoms with Crippen LogP contribution in [0.2, 0.25) is 0 Å². The lowest BCUT2D eigenvalue weighted by Crippen LogP contribution is -2.29. The topological polar surface area (TPSA) is 155 Å². The molecule has 0 fully saturated rings. The summed E-state index contributed by atoms with van der Waals surface area (Å²) in [4.78, 5) is 34.8. The predicted molar refractivity (Wildman–Crippen MR) is 230 cm³/mol. The Morgan fingerprint density at radius 2 is 1.14 bits per heavy atom. The van der Waals surface area contributed by atoms with Gasteiger partial charge in [0, 0.05) is 19.4 Å². The minimum Gasteiger partial charge on any atom is -0.462 e. The molecular formula is C45H72NO9P. The van der Waals surface area contributed by atoms with Gasteiger partial charge in [0.1, 0.15) is 6.61 Å². The number of allylic oxidation sites excluding steroid dienone is 17. The van der Waals surface area contributed by atoms with Gasteiger partial charge in [0.25, 0.3) is 0 Å². The molecule has 10 nitrogen and oxygen atoms in total. The van der Waals surface area contributed by atoms with Gasteiger partial charge in [-0.15, -0.1) is 0 Å². The zero-order valence-electron chi connectivity index (χ0n) is 34.2. The van der Waals surface area contributed by atoms with Gasteiger partial charge in [0.05, 0.1) is 19.3 Å². The molecule has 0 aliphatic rings. The van der Waals surface area contributed by atoms with Crippen molar-refractivity contribution in [3.8, 4) is 0 Å². The van der Waals surface area contributed by atoms with Gasteiger partial charge in [-0.05, 0) is 83.5 Å². The van der Waals surface area contributed by atoms with E-state index in [9.17, 15) is 24.2 Å². The first-order chi connectivity index (χ1) is 27.2. The van der Waals surface area contributed by atoms with Crippen LogP contribution in [0.15, 0.2) is 109 Å². The Bertz CT molecular complexity index is 1300. The molecule has 0 spiro atoms. The van der Waals surface area contributed by atoms with Crippen LogP contribution in [0, 0.1) is 0 Å². The number of aliphatic hydroxyl groups excluding tert-OH is 1. The molecule has 0 aromatic rings. The monoisotopic (exact) mass is 801 g/mol. The molecule has 0 saturated carbocycles. The van der Waals surface area contributed by atoms with Crippen molar-refractivity contribution < 1.29 is 42.7 Å². The Balaban J connectivity index is 4.46. The summed E-state index contributed by atoms with van der Waals surface area (Å²) in [6.07, 6.45) is 48.6. The number of unbranched alkanes of at least 4 members (excludes halogenated alkanes) is 4. The maximum absolute atomic E-state index is 12.6. The van der Waals surface area contributed by atoms with Crippen molar-refractivity contribution in [2.45, 2.75) is 135 Å². The van der Waals surface area contributed by atoms with E-state index in [1.165, 1.54) is 0 Å². The lowest BCUT2D eigenvalue weighted by atomic mass is 10.1. The summed E-state index contributed by atoms with van der Waals surface area (Å²) < 4.78 is 32.5. The lowest BCUT2D eigenvalue weighted by molar-refractivity contribution is -0.161. The Morgan fingerprint density at radius 1 is 0.625 bits per heavy atom. The van der Waals surface area contributed by atoms with E-state index in [4.69, 9.17) is 24.3 Å². The van der Waals surface area contributed by atoms with Gasteiger partial charge in [-0.1, -0.05) is 136 Å². The quantitative estimate of drug-likeness (QED) is 0.0183. The number of carbonyl (C=O) groups excluding carboxylic acids is 2. The molecule has 56 heavy (non-hydrogen) atoms. The van der Waals surface area contributed by atoms with Crippen molar-refractivity contribution in [1.82, 2.24) is 0 Å². The van der Waals surface area contributed by atoms with Crippen LogP contribution in [-0.2, 0) is 32.7 Å². The fourth-order valence-electron chi connectivity index (χ4n) is 4.77. The van der Waals surface area contributed by atoms with E-state index in [-0.39, 0.29) is 32.6 Å². The Labute approximate surface area is 338 Å². The molecule has 0 saturated heterocycles. The number of rotatable bonds is 36. The van der Waals surface area contributed by atoms with Crippen molar-refractivity contribution in [3.63, 3.8) is 0 Å². The van der Waals surface area contributed by atoms with Crippen LogP contribution in [0.5, 0.6) is 0 Å². The zero-order valence-corrected chi connectivity index (χ0v) is 35.1. The molecule has 0 rings (SSSR count). The minimum absolute atomic E-state index is 0.0128. The molecule has 11 heteroatoms. The number of phosphoric acid groups is 1. The average molecular weight is 802 g/mol.